The Hall–Kier alpha value is -3.09. The molecule has 2 heterocycles. The van der Waals surface area contributed by atoms with Crippen LogP contribution in [0.3, 0.4) is 0 Å². The van der Waals surface area contributed by atoms with Crippen molar-refractivity contribution in [3.63, 3.8) is 0 Å². The van der Waals surface area contributed by atoms with Crippen LogP contribution in [0.15, 0.2) is 42.9 Å². The molecule has 7 nitrogen and oxygen atoms in total. The van der Waals surface area contributed by atoms with Gasteiger partial charge in [0.05, 0.1) is 19.8 Å². The van der Waals surface area contributed by atoms with E-state index in [1.165, 1.54) is 13.4 Å². The number of nitrogens with zero attached hydrogens (tertiary/aromatic N) is 4. The molecule has 1 N–H and O–H groups in total. The van der Waals surface area contributed by atoms with Crippen molar-refractivity contribution >= 4 is 5.82 Å². The number of anilines is 1. The number of ether oxygens (including phenoxy) is 2. The first-order valence-electron chi connectivity index (χ1n) is 8.74. The second kappa shape index (κ2) is 6.99. The Morgan fingerprint density at radius 1 is 1.12 bits per heavy atom. The van der Waals surface area contributed by atoms with Gasteiger partial charge in [0.1, 0.15) is 12.1 Å². The molecule has 0 atom stereocenters. The monoisotopic (exact) mass is 328 g/mol. The number of benzene rings is 1. The topological polar surface area (TPSA) is 74.1 Å². The standard InChI is InChI=1S/C17H19N5O2/c1-22-11-20-16(21-22)14-8-9-18-17(15(14)24-3)19-10-12-4-6-13(23-2)7-5-12/h4-9,11H,10H2,1-3H3,(H,18,19)/i1D3. The van der Waals surface area contributed by atoms with Gasteiger partial charge in [-0.1, -0.05) is 12.1 Å². The lowest BCUT2D eigenvalue weighted by Gasteiger charge is -2.13. The van der Waals surface area contributed by atoms with Crippen molar-refractivity contribution in [2.24, 2.45) is 6.98 Å². The highest BCUT2D eigenvalue weighted by atomic mass is 16.5. The van der Waals surface area contributed by atoms with E-state index in [0.717, 1.165) is 16.0 Å². The summed E-state index contributed by atoms with van der Waals surface area (Å²) in [6, 6.07) is 9.33. The summed E-state index contributed by atoms with van der Waals surface area (Å²) in [7, 11) is 3.13. The van der Waals surface area contributed by atoms with Crippen molar-refractivity contribution in [1.82, 2.24) is 19.7 Å². The predicted molar refractivity (Wildman–Crippen MR) is 91.1 cm³/mol. The molecular formula is C17H19N5O2. The van der Waals surface area contributed by atoms with Gasteiger partial charge < -0.3 is 14.8 Å². The molecule has 24 heavy (non-hydrogen) atoms. The van der Waals surface area contributed by atoms with E-state index in [4.69, 9.17) is 13.6 Å². The van der Waals surface area contributed by atoms with Crippen LogP contribution in [0.4, 0.5) is 5.82 Å². The first-order valence-corrected chi connectivity index (χ1v) is 7.24. The molecule has 0 saturated carbocycles. The second-order valence-electron chi connectivity index (χ2n) is 4.95. The average molecular weight is 328 g/mol. The Kier molecular flexibility index (Phi) is 3.60. The van der Waals surface area contributed by atoms with E-state index in [2.05, 4.69) is 20.4 Å². The van der Waals surface area contributed by atoms with Crippen LogP contribution in [0.2, 0.25) is 0 Å². The molecule has 124 valence electrons. The molecule has 0 unspecified atom stereocenters. The Morgan fingerprint density at radius 2 is 1.96 bits per heavy atom. The fourth-order valence-electron chi connectivity index (χ4n) is 2.27. The van der Waals surface area contributed by atoms with Gasteiger partial charge >= 0.3 is 0 Å². The second-order valence-corrected chi connectivity index (χ2v) is 4.95. The van der Waals surface area contributed by atoms with Crippen molar-refractivity contribution in [3.05, 3.63) is 48.4 Å². The summed E-state index contributed by atoms with van der Waals surface area (Å²) < 4.78 is 33.7. The summed E-state index contributed by atoms with van der Waals surface area (Å²) in [6.45, 7) is -1.87. The normalized spacial score (nSPS) is 12.8. The lowest BCUT2D eigenvalue weighted by Crippen LogP contribution is -2.04. The van der Waals surface area contributed by atoms with Gasteiger partial charge in [-0.25, -0.2) is 9.97 Å². The van der Waals surface area contributed by atoms with Gasteiger partial charge in [-0.2, -0.15) is 5.10 Å². The number of methoxy groups -OCH3 is 2. The van der Waals surface area contributed by atoms with E-state index >= 15 is 0 Å². The van der Waals surface area contributed by atoms with Gasteiger partial charge in [-0.05, 0) is 23.8 Å². The molecule has 1 aromatic carbocycles. The smallest absolute Gasteiger partial charge is 0.185 e. The van der Waals surface area contributed by atoms with Gasteiger partial charge in [-0.15, -0.1) is 0 Å². The minimum absolute atomic E-state index is 0.248. The first kappa shape index (κ1) is 12.3. The molecule has 3 rings (SSSR count). The molecule has 0 aliphatic rings. The average Bonchev–Trinajstić information content (AvgIpc) is 3.17. The van der Waals surface area contributed by atoms with Gasteiger partial charge in [0, 0.05) is 23.8 Å². The van der Waals surface area contributed by atoms with E-state index in [9.17, 15) is 0 Å². The zero-order valence-electron chi connectivity index (χ0n) is 16.4. The van der Waals surface area contributed by atoms with Crippen LogP contribution in [0.1, 0.15) is 9.68 Å². The summed E-state index contributed by atoms with van der Waals surface area (Å²) in [5, 5.41) is 7.25. The van der Waals surface area contributed by atoms with Gasteiger partial charge in [0.25, 0.3) is 0 Å². The Bertz CT molecular complexity index is 910. The van der Waals surface area contributed by atoms with Crippen molar-refractivity contribution in [2.75, 3.05) is 19.5 Å². The quantitative estimate of drug-likeness (QED) is 0.749. The highest BCUT2D eigenvalue weighted by Crippen LogP contribution is 2.33. The van der Waals surface area contributed by atoms with E-state index in [-0.39, 0.29) is 5.82 Å². The number of aryl methyl sites for hydroxylation is 1. The summed E-state index contributed by atoms with van der Waals surface area (Å²) in [4.78, 5) is 8.39. The molecule has 0 spiro atoms. The van der Waals surface area contributed by atoms with Crippen LogP contribution < -0.4 is 14.8 Å². The van der Waals surface area contributed by atoms with Crippen LogP contribution in [0, 0.1) is 0 Å². The lowest BCUT2D eigenvalue weighted by molar-refractivity contribution is 0.414. The van der Waals surface area contributed by atoms with Gasteiger partial charge in [0.2, 0.25) is 0 Å². The molecule has 0 aliphatic carbocycles. The summed E-state index contributed by atoms with van der Waals surface area (Å²) in [6.07, 6.45) is 2.76. The van der Waals surface area contributed by atoms with Gasteiger partial charge in [0.15, 0.2) is 17.4 Å². The molecule has 3 aromatic rings. The number of hydrogen-bond donors (Lipinski definition) is 1. The molecule has 7 heteroatoms. The van der Waals surface area contributed by atoms with Crippen LogP contribution in [-0.4, -0.2) is 34.0 Å². The van der Waals surface area contributed by atoms with E-state index in [1.807, 2.05) is 24.3 Å². The SMILES string of the molecule is [2H]C([2H])([2H])n1cnc(-c2ccnc(NCc3ccc(OC)cc3)c2OC)n1. The minimum atomic E-state index is -2.39. The molecule has 0 bridgehead atoms. The van der Waals surface area contributed by atoms with Crippen LogP contribution in [0.25, 0.3) is 11.4 Å². The Labute approximate surface area is 144 Å². The predicted octanol–water partition coefficient (Wildman–Crippen LogP) is 2.51. The van der Waals surface area contributed by atoms with Crippen LogP contribution in [0.5, 0.6) is 11.5 Å². The maximum Gasteiger partial charge on any atom is 0.185 e. The van der Waals surface area contributed by atoms with E-state index in [0.29, 0.717) is 23.7 Å². The van der Waals surface area contributed by atoms with Crippen molar-refractivity contribution in [2.45, 2.75) is 6.54 Å². The fourth-order valence-corrected chi connectivity index (χ4v) is 2.27. The number of pyridine rings is 1. The summed E-state index contributed by atoms with van der Waals surface area (Å²) in [5.41, 5.74) is 1.59. The maximum atomic E-state index is 7.41. The van der Waals surface area contributed by atoms with Gasteiger partial charge in [-0.3, -0.25) is 4.68 Å². The third kappa shape index (κ3) is 3.29. The largest absolute Gasteiger partial charge is 0.497 e. The van der Waals surface area contributed by atoms with Crippen molar-refractivity contribution in [1.29, 1.82) is 0 Å². The minimum Gasteiger partial charge on any atom is -0.497 e. The number of hydrogen-bond acceptors (Lipinski definition) is 6. The third-order valence-electron chi connectivity index (χ3n) is 3.46. The van der Waals surface area contributed by atoms with Crippen molar-refractivity contribution in [3.8, 4) is 22.9 Å². The van der Waals surface area contributed by atoms with E-state index in [1.54, 1.807) is 19.4 Å². The third-order valence-corrected chi connectivity index (χ3v) is 3.46. The molecular weight excluding hydrogens is 306 g/mol. The Morgan fingerprint density at radius 3 is 2.62 bits per heavy atom. The molecule has 0 fully saturated rings. The zero-order valence-corrected chi connectivity index (χ0v) is 13.4. The molecule has 0 radical (unpaired) electrons. The number of nitrogens with one attached hydrogen (secondary N) is 1. The lowest BCUT2D eigenvalue weighted by atomic mass is 10.2. The molecule has 0 aliphatic heterocycles. The summed E-state index contributed by atoms with van der Waals surface area (Å²) >= 11 is 0. The Balaban J connectivity index is 1.84. The molecule has 2 aromatic heterocycles. The summed E-state index contributed by atoms with van der Waals surface area (Å²) in [5.74, 6) is 1.98. The highest BCUT2D eigenvalue weighted by molar-refractivity contribution is 5.71. The number of rotatable bonds is 6. The number of aromatic nitrogens is 4. The fraction of sp³-hybridized carbons (Fsp3) is 0.235. The van der Waals surface area contributed by atoms with E-state index < -0.39 is 6.98 Å². The first-order chi connectivity index (χ1) is 12.9. The van der Waals surface area contributed by atoms with Crippen LogP contribution >= 0.6 is 0 Å². The van der Waals surface area contributed by atoms with Crippen LogP contribution in [-0.2, 0) is 13.5 Å². The zero-order chi connectivity index (χ0) is 19.4. The maximum absolute atomic E-state index is 7.41. The molecule has 0 amide bonds. The highest BCUT2D eigenvalue weighted by Gasteiger charge is 2.15. The molecule has 0 saturated heterocycles. The van der Waals surface area contributed by atoms with Crippen molar-refractivity contribution < 1.29 is 13.6 Å².